The second kappa shape index (κ2) is 6.79. The summed E-state index contributed by atoms with van der Waals surface area (Å²) in [6.07, 6.45) is 2.30. The summed E-state index contributed by atoms with van der Waals surface area (Å²) < 4.78 is 5.19. The summed E-state index contributed by atoms with van der Waals surface area (Å²) in [6.45, 7) is 10.1. The van der Waals surface area contributed by atoms with Gasteiger partial charge in [-0.3, -0.25) is 0 Å². The van der Waals surface area contributed by atoms with E-state index >= 15 is 0 Å². The normalized spacial score (nSPS) is 13.4. The molecule has 2 heteroatoms. The molecule has 0 bridgehead atoms. The third-order valence-corrected chi connectivity index (χ3v) is 3.71. The van der Waals surface area contributed by atoms with Crippen LogP contribution in [0.25, 0.3) is 0 Å². The molecule has 2 nitrogen and oxygen atoms in total. The number of hydrogen-bond donors (Lipinski definition) is 1. The van der Waals surface area contributed by atoms with Crippen LogP contribution >= 0.6 is 0 Å². The minimum Gasteiger partial charge on any atom is -0.497 e. The molecule has 0 amide bonds. The van der Waals surface area contributed by atoms with Crippen LogP contribution in [0.1, 0.15) is 52.1 Å². The van der Waals surface area contributed by atoms with E-state index in [1.165, 1.54) is 12.0 Å². The van der Waals surface area contributed by atoms with E-state index < -0.39 is 0 Å². The van der Waals surface area contributed by atoms with Crippen molar-refractivity contribution >= 4 is 0 Å². The van der Waals surface area contributed by atoms with Crippen molar-refractivity contribution in [3.8, 4) is 5.75 Å². The van der Waals surface area contributed by atoms with Crippen molar-refractivity contribution < 1.29 is 4.74 Å². The number of nitrogens with one attached hydrogen (secondary N) is 1. The van der Waals surface area contributed by atoms with Crippen LogP contribution in [0.3, 0.4) is 0 Å². The highest BCUT2D eigenvalue weighted by Crippen LogP contribution is 2.23. The van der Waals surface area contributed by atoms with Gasteiger partial charge in [0, 0.05) is 12.6 Å². The lowest BCUT2D eigenvalue weighted by molar-refractivity contribution is 0.307. The number of ether oxygens (including phenoxy) is 1. The molecule has 1 aromatic rings. The fourth-order valence-corrected chi connectivity index (χ4v) is 1.86. The van der Waals surface area contributed by atoms with Gasteiger partial charge in [-0.2, -0.15) is 0 Å². The van der Waals surface area contributed by atoms with Gasteiger partial charge in [0.25, 0.3) is 0 Å². The maximum Gasteiger partial charge on any atom is 0.118 e. The molecule has 0 aromatic heterocycles. The topological polar surface area (TPSA) is 21.3 Å². The second-order valence-electron chi connectivity index (χ2n) is 5.63. The van der Waals surface area contributed by atoms with Crippen molar-refractivity contribution in [2.24, 2.45) is 5.41 Å². The monoisotopic (exact) mass is 249 g/mol. The predicted octanol–water partition coefficient (Wildman–Crippen LogP) is 4.17. The van der Waals surface area contributed by atoms with Crippen LogP contribution in [0.4, 0.5) is 0 Å². The van der Waals surface area contributed by atoms with Gasteiger partial charge < -0.3 is 10.1 Å². The van der Waals surface area contributed by atoms with Crippen LogP contribution < -0.4 is 10.1 Å². The average molecular weight is 249 g/mol. The van der Waals surface area contributed by atoms with Crippen molar-refractivity contribution in [1.82, 2.24) is 5.32 Å². The highest BCUT2D eigenvalue weighted by Gasteiger charge is 2.17. The maximum atomic E-state index is 5.19. The van der Waals surface area contributed by atoms with Gasteiger partial charge in [-0.1, -0.05) is 39.8 Å². The Hall–Kier alpha value is -1.02. The Morgan fingerprint density at radius 3 is 2.22 bits per heavy atom. The Morgan fingerprint density at radius 1 is 1.17 bits per heavy atom. The van der Waals surface area contributed by atoms with Crippen LogP contribution in [0.15, 0.2) is 24.3 Å². The first kappa shape index (κ1) is 15.0. The second-order valence-corrected chi connectivity index (χ2v) is 5.63. The van der Waals surface area contributed by atoms with Crippen LogP contribution in [0.5, 0.6) is 5.75 Å². The molecule has 0 fully saturated rings. The largest absolute Gasteiger partial charge is 0.497 e. The lowest BCUT2D eigenvalue weighted by atomic mass is 9.89. The first-order chi connectivity index (χ1) is 8.52. The molecule has 0 saturated heterocycles. The molecule has 1 atom stereocenters. The molecule has 0 spiro atoms. The number of methoxy groups -OCH3 is 1. The van der Waals surface area contributed by atoms with E-state index in [4.69, 9.17) is 4.74 Å². The van der Waals surface area contributed by atoms with Gasteiger partial charge in [0.15, 0.2) is 0 Å². The molecular formula is C16H27NO. The molecule has 1 unspecified atom stereocenters. The fourth-order valence-electron chi connectivity index (χ4n) is 1.86. The molecule has 0 heterocycles. The summed E-state index contributed by atoms with van der Waals surface area (Å²) in [5.74, 6) is 0.919. The molecule has 1 N–H and O–H groups in total. The summed E-state index contributed by atoms with van der Waals surface area (Å²) in [5.41, 5.74) is 1.70. The summed E-state index contributed by atoms with van der Waals surface area (Å²) >= 11 is 0. The van der Waals surface area contributed by atoms with Crippen LogP contribution in [0, 0.1) is 5.41 Å². The van der Waals surface area contributed by atoms with Gasteiger partial charge in [-0.05, 0) is 36.0 Å². The summed E-state index contributed by atoms with van der Waals surface area (Å²) in [7, 11) is 1.70. The van der Waals surface area contributed by atoms with Crippen LogP contribution in [-0.2, 0) is 0 Å². The van der Waals surface area contributed by atoms with Crippen LogP contribution in [-0.4, -0.2) is 13.7 Å². The van der Waals surface area contributed by atoms with E-state index in [0.29, 0.717) is 11.5 Å². The molecule has 102 valence electrons. The number of hydrogen-bond acceptors (Lipinski definition) is 2. The van der Waals surface area contributed by atoms with Gasteiger partial charge in [-0.15, -0.1) is 0 Å². The highest BCUT2D eigenvalue weighted by molar-refractivity contribution is 5.29. The first-order valence-electron chi connectivity index (χ1n) is 6.89. The lowest BCUT2D eigenvalue weighted by Crippen LogP contribution is -2.31. The fraction of sp³-hybridized carbons (Fsp3) is 0.625. The van der Waals surface area contributed by atoms with Crippen molar-refractivity contribution in [3.63, 3.8) is 0 Å². The number of benzene rings is 1. The molecular weight excluding hydrogens is 222 g/mol. The molecule has 18 heavy (non-hydrogen) atoms. The number of rotatable bonds is 7. The summed E-state index contributed by atoms with van der Waals surface area (Å²) in [5, 5.41) is 3.67. The zero-order valence-corrected chi connectivity index (χ0v) is 12.4. The van der Waals surface area contributed by atoms with Crippen LogP contribution in [0.2, 0.25) is 0 Å². The first-order valence-corrected chi connectivity index (χ1v) is 6.89. The third kappa shape index (κ3) is 4.34. The van der Waals surface area contributed by atoms with E-state index in [1.54, 1.807) is 7.11 Å². The standard InChI is InChI=1S/C16H27NO/c1-6-15(17-12-16(3,4)7-2)13-8-10-14(18-5)11-9-13/h8-11,15,17H,6-7,12H2,1-5H3. The van der Waals surface area contributed by atoms with E-state index in [-0.39, 0.29) is 0 Å². The van der Waals surface area contributed by atoms with Gasteiger partial charge in [0.05, 0.1) is 7.11 Å². The molecule has 0 aliphatic carbocycles. The van der Waals surface area contributed by atoms with Gasteiger partial charge in [0.2, 0.25) is 0 Å². The highest BCUT2D eigenvalue weighted by atomic mass is 16.5. The minimum absolute atomic E-state index is 0.361. The van der Waals surface area contributed by atoms with Crippen molar-refractivity contribution in [1.29, 1.82) is 0 Å². The smallest absolute Gasteiger partial charge is 0.118 e. The van der Waals surface area contributed by atoms with Gasteiger partial charge in [0.1, 0.15) is 5.75 Å². The quantitative estimate of drug-likeness (QED) is 0.783. The average Bonchev–Trinajstić information content (AvgIpc) is 2.40. The van der Waals surface area contributed by atoms with Gasteiger partial charge >= 0.3 is 0 Å². The molecule has 0 aliphatic heterocycles. The Bertz CT molecular complexity index is 343. The predicted molar refractivity (Wildman–Crippen MR) is 78.1 cm³/mol. The molecule has 1 aromatic carbocycles. The van der Waals surface area contributed by atoms with Crippen molar-refractivity contribution in [2.75, 3.05) is 13.7 Å². The molecule has 1 rings (SSSR count). The Labute approximate surface area is 112 Å². The van der Waals surface area contributed by atoms with E-state index in [0.717, 1.165) is 18.7 Å². The van der Waals surface area contributed by atoms with Crippen molar-refractivity contribution in [2.45, 2.75) is 46.6 Å². The van der Waals surface area contributed by atoms with E-state index in [2.05, 4.69) is 45.1 Å². The Morgan fingerprint density at radius 2 is 1.78 bits per heavy atom. The summed E-state index contributed by atoms with van der Waals surface area (Å²) in [6, 6.07) is 8.80. The minimum atomic E-state index is 0.361. The SMILES string of the molecule is CCC(NCC(C)(C)CC)c1ccc(OC)cc1. The van der Waals surface area contributed by atoms with E-state index in [9.17, 15) is 0 Å². The Balaban J connectivity index is 2.65. The molecule has 0 radical (unpaired) electrons. The lowest BCUT2D eigenvalue weighted by Gasteiger charge is -2.27. The molecule has 0 saturated carbocycles. The Kier molecular flexibility index (Phi) is 5.67. The summed E-state index contributed by atoms with van der Waals surface area (Å²) in [4.78, 5) is 0. The zero-order valence-electron chi connectivity index (χ0n) is 12.4. The van der Waals surface area contributed by atoms with Crippen molar-refractivity contribution in [3.05, 3.63) is 29.8 Å². The maximum absolute atomic E-state index is 5.19. The van der Waals surface area contributed by atoms with E-state index in [1.807, 2.05) is 12.1 Å². The zero-order chi connectivity index (χ0) is 13.6. The molecule has 0 aliphatic rings. The third-order valence-electron chi connectivity index (χ3n) is 3.71. The van der Waals surface area contributed by atoms with Gasteiger partial charge in [-0.25, -0.2) is 0 Å².